The Morgan fingerprint density at radius 2 is 2.00 bits per heavy atom. The Labute approximate surface area is 226 Å². The zero-order valence-electron chi connectivity index (χ0n) is 21.3. The third kappa shape index (κ3) is 7.98. The van der Waals surface area contributed by atoms with Gasteiger partial charge in [0.25, 0.3) is 0 Å². The van der Waals surface area contributed by atoms with Crippen molar-refractivity contribution in [2.45, 2.75) is 44.9 Å². The van der Waals surface area contributed by atoms with Gasteiger partial charge < -0.3 is 30.7 Å². The molecule has 0 bridgehead atoms. The number of carbonyl (C=O) groups excluding carboxylic acids is 1. The van der Waals surface area contributed by atoms with Crippen LogP contribution in [0, 0.1) is 5.41 Å². The zero-order chi connectivity index (χ0) is 27.9. The molecule has 6 N–H and O–H groups in total. The Kier molecular flexibility index (Phi) is 10.7. The van der Waals surface area contributed by atoms with Gasteiger partial charge in [0.2, 0.25) is 0 Å². The summed E-state index contributed by atoms with van der Waals surface area (Å²) in [5.41, 5.74) is 5.58. The number of benzene rings is 1. The second-order valence-corrected chi connectivity index (χ2v) is 12.2. The minimum absolute atomic E-state index is 0.0892. The van der Waals surface area contributed by atoms with Crippen LogP contribution in [0.1, 0.15) is 19.4 Å². The first-order chi connectivity index (χ1) is 18.0. The van der Waals surface area contributed by atoms with E-state index < -0.39 is 37.7 Å². The summed E-state index contributed by atoms with van der Waals surface area (Å²) >= 11 is 0.958. The van der Waals surface area contributed by atoms with Crippen molar-refractivity contribution in [1.29, 1.82) is 0 Å². The molecule has 38 heavy (non-hydrogen) atoms. The van der Waals surface area contributed by atoms with Crippen LogP contribution < -0.4 is 10.8 Å². The number of nitrogens with zero attached hydrogens (tertiary/aromatic N) is 2. The Balaban J connectivity index is 1.61. The van der Waals surface area contributed by atoms with Crippen molar-refractivity contribution in [3.05, 3.63) is 60.6 Å². The summed E-state index contributed by atoms with van der Waals surface area (Å²) in [5, 5.41) is 33.1. The van der Waals surface area contributed by atoms with Crippen molar-refractivity contribution in [2.75, 3.05) is 25.6 Å². The maximum Gasteiger partial charge on any atom is 0.405 e. The van der Waals surface area contributed by atoms with Gasteiger partial charge in [-0.05, 0) is 25.5 Å². The van der Waals surface area contributed by atoms with Crippen LogP contribution >= 0.6 is 19.5 Å². The molecule has 3 rings (SSSR count). The second kappa shape index (κ2) is 13.3. The molecule has 1 saturated heterocycles. The van der Waals surface area contributed by atoms with Crippen LogP contribution in [0.15, 0.2) is 60.0 Å². The van der Waals surface area contributed by atoms with E-state index in [1.807, 2.05) is 30.3 Å². The van der Waals surface area contributed by atoms with E-state index in [4.69, 9.17) is 19.5 Å². The fourth-order valence-corrected chi connectivity index (χ4v) is 5.69. The van der Waals surface area contributed by atoms with Gasteiger partial charge in [-0.15, -0.1) is 0 Å². The Bertz CT molecular complexity index is 1090. The summed E-state index contributed by atoms with van der Waals surface area (Å²) in [6, 6.07) is 9.19. The van der Waals surface area contributed by atoms with Crippen LogP contribution in [0.25, 0.3) is 0 Å². The first-order valence-corrected chi connectivity index (χ1v) is 14.5. The number of hydrogen-bond acceptors (Lipinski definition) is 12. The fraction of sp³-hybridized carbons (Fsp3) is 0.500. The Morgan fingerprint density at radius 1 is 1.29 bits per heavy atom. The molecule has 0 aliphatic carbocycles. The summed E-state index contributed by atoms with van der Waals surface area (Å²) in [6.07, 6.45) is -1.73. The van der Waals surface area contributed by atoms with Crippen LogP contribution in [0.4, 0.5) is 0 Å². The summed E-state index contributed by atoms with van der Waals surface area (Å²) < 4.78 is 30.5. The van der Waals surface area contributed by atoms with E-state index in [0.717, 1.165) is 17.3 Å². The van der Waals surface area contributed by atoms with Crippen molar-refractivity contribution >= 4 is 30.5 Å². The van der Waals surface area contributed by atoms with Crippen LogP contribution in [-0.2, 0) is 29.7 Å². The fourth-order valence-electron chi connectivity index (χ4n) is 3.45. The van der Waals surface area contributed by atoms with Crippen LogP contribution in [-0.4, -0.2) is 81.3 Å². The van der Waals surface area contributed by atoms with Crippen LogP contribution in [0.5, 0.6) is 0 Å². The number of carbonyl (C=O) groups is 1. The lowest BCUT2D eigenvalue weighted by Gasteiger charge is -2.30. The van der Waals surface area contributed by atoms with Gasteiger partial charge in [0.1, 0.15) is 30.0 Å². The average molecular weight is 571 g/mol. The molecule has 0 saturated carbocycles. The van der Waals surface area contributed by atoms with E-state index in [2.05, 4.69) is 16.7 Å². The Hall–Kier alpha value is -2.06. The lowest BCUT2D eigenvalue weighted by atomic mass is 9.97. The number of nitrogens with one attached hydrogen (secondary N) is 1. The number of amidine groups is 1. The number of hydrogen-bond donors (Lipinski definition) is 5. The average Bonchev–Trinajstić information content (AvgIpc) is 3.18. The highest BCUT2D eigenvalue weighted by Gasteiger charge is 2.47. The summed E-state index contributed by atoms with van der Waals surface area (Å²) in [5.74, 6) is 0.637. The third-order valence-electron chi connectivity index (χ3n) is 5.83. The van der Waals surface area contributed by atoms with Crippen molar-refractivity contribution in [2.24, 2.45) is 16.1 Å². The second-order valence-electron chi connectivity index (χ2n) is 9.35. The Morgan fingerprint density at radius 3 is 2.66 bits per heavy atom. The molecule has 210 valence electrons. The van der Waals surface area contributed by atoms with Crippen LogP contribution in [0.3, 0.4) is 0 Å². The number of ether oxygens (including phenoxy) is 1. The molecule has 0 aromatic heterocycles. The molecule has 1 aromatic rings. The highest BCUT2D eigenvalue weighted by molar-refractivity contribution is 8.13. The van der Waals surface area contributed by atoms with Crippen molar-refractivity contribution in [1.82, 2.24) is 9.99 Å². The SMILES string of the molecule is C=C1N=C(N)C=CN1[C@@H]1O[C@H](COP(=O)(NCc2ccccc2)OCCSC(=O)C(C)(C)CO)C(O)[C@H]1O. The number of nitrogens with two attached hydrogens (primary N) is 1. The lowest BCUT2D eigenvalue weighted by Crippen LogP contribution is -2.42. The number of aliphatic imine (C=N–C) groups is 1. The van der Waals surface area contributed by atoms with E-state index in [9.17, 15) is 24.7 Å². The summed E-state index contributed by atoms with van der Waals surface area (Å²) in [7, 11) is -3.94. The highest BCUT2D eigenvalue weighted by Crippen LogP contribution is 2.45. The van der Waals surface area contributed by atoms with Crippen LogP contribution in [0.2, 0.25) is 0 Å². The topological polar surface area (TPSA) is 176 Å². The van der Waals surface area contributed by atoms with Gasteiger partial charge in [0.15, 0.2) is 11.3 Å². The highest BCUT2D eigenvalue weighted by atomic mass is 32.2. The largest absolute Gasteiger partial charge is 0.405 e. The standard InChI is InChI=1S/C24H35N4O8PS/c1-16-27-19(25)9-10-28(16)22-21(31)20(30)18(36-22)14-35-37(33,26-13-17-7-5-4-6-8-17)34-11-12-38-23(32)24(2,3)15-29/h4-10,18,20-22,29-31H,1,11-15H2,2-3H3,(H2,25,27)(H,26,33)/t18-,20?,21-,22-,37?/m1/s1. The quantitative estimate of drug-likeness (QED) is 0.170. The number of aliphatic hydroxyl groups is 3. The molecule has 2 heterocycles. The molecule has 1 fully saturated rings. The number of rotatable bonds is 13. The van der Waals surface area contributed by atoms with E-state index in [0.29, 0.717) is 0 Å². The van der Waals surface area contributed by atoms with Crippen molar-refractivity contribution in [3.63, 3.8) is 0 Å². The van der Waals surface area contributed by atoms with E-state index in [1.165, 1.54) is 17.2 Å². The predicted molar refractivity (Wildman–Crippen MR) is 144 cm³/mol. The molecule has 0 spiro atoms. The maximum absolute atomic E-state index is 13.5. The lowest BCUT2D eigenvalue weighted by molar-refractivity contribution is -0.119. The molecule has 2 aliphatic heterocycles. The van der Waals surface area contributed by atoms with Crippen molar-refractivity contribution in [3.8, 4) is 0 Å². The minimum Gasteiger partial charge on any atom is -0.395 e. The van der Waals surface area contributed by atoms with Gasteiger partial charge in [-0.1, -0.05) is 48.7 Å². The smallest absolute Gasteiger partial charge is 0.395 e. The molecule has 12 nitrogen and oxygen atoms in total. The van der Waals surface area contributed by atoms with Gasteiger partial charge in [0, 0.05) is 18.5 Å². The predicted octanol–water partition coefficient (Wildman–Crippen LogP) is 1.30. The van der Waals surface area contributed by atoms with Gasteiger partial charge >= 0.3 is 7.75 Å². The molecule has 2 unspecified atom stereocenters. The molecule has 5 atom stereocenters. The van der Waals surface area contributed by atoms with E-state index >= 15 is 0 Å². The number of thioether (sulfide) groups is 1. The van der Waals surface area contributed by atoms with Gasteiger partial charge in [-0.25, -0.2) is 14.6 Å². The molecule has 1 aromatic carbocycles. The molecule has 0 radical (unpaired) electrons. The molecular formula is C24H35N4O8PS. The van der Waals surface area contributed by atoms with E-state index in [-0.39, 0.29) is 48.9 Å². The molecule has 0 amide bonds. The van der Waals surface area contributed by atoms with Crippen molar-refractivity contribution < 1.29 is 38.5 Å². The third-order valence-corrected chi connectivity index (χ3v) is 8.57. The molecule has 14 heteroatoms. The van der Waals surface area contributed by atoms with Gasteiger partial charge in [-0.2, -0.15) is 0 Å². The minimum atomic E-state index is -3.94. The van der Waals surface area contributed by atoms with Gasteiger partial charge in [0.05, 0.1) is 25.2 Å². The summed E-state index contributed by atoms with van der Waals surface area (Å²) in [4.78, 5) is 17.7. The zero-order valence-corrected chi connectivity index (χ0v) is 23.0. The van der Waals surface area contributed by atoms with Gasteiger partial charge in [-0.3, -0.25) is 13.8 Å². The summed E-state index contributed by atoms with van der Waals surface area (Å²) in [6.45, 7) is 6.45. The first-order valence-electron chi connectivity index (χ1n) is 11.9. The molecular weight excluding hydrogens is 535 g/mol. The molecule has 2 aliphatic rings. The monoisotopic (exact) mass is 570 g/mol. The maximum atomic E-state index is 13.5. The first kappa shape index (κ1) is 30.5. The normalized spacial score (nSPS) is 25.3. The van der Waals surface area contributed by atoms with E-state index in [1.54, 1.807) is 13.8 Å². The number of aliphatic hydroxyl groups excluding tert-OH is 3.